The molecule has 0 heterocycles. The summed E-state index contributed by atoms with van der Waals surface area (Å²) in [6.07, 6.45) is -2.10. The van der Waals surface area contributed by atoms with Gasteiger partial charge in [0.25, 0.3) is 0 Å². The number of hydrazine groups is 1. The summed E-state index contributed by atoms with van der Waals surface area (Å²) in [5.74, 6) is 6.09. The van der Waals surface area contributed by atoms with Crippen molar-refractivity contribution in [3.63, 3.8) is 0 Å². The van der Waals surface area contributed by atoms with Crippen molar-refractivity contribution >= 4 is 45.1 Å². The zero-order valence-corrected chi connectivity index (χ0v) is 20.3. The molecule has 0 bridgehead atoms. The molecule has 4 N–H and O–H groups in total. The van der Waals surface area contributed by atoms with E-state index >= 15 is 0 Å². The molecule has 0 saturated heterocycles. The molecule has 0 fully saturated rings. The van der Waals surface area contributed by atoms with Crippen LogP contribution >= 0.6 is 0 Å². The van der Waals surface area contributed by atoms with Gasteiger partial charge in [-0.05, 0) is 36.8 Å². The Morgan fingerprint density at radius 3 is 1.53 bits per heavy atom. The van der Waals surface area contributed by atoms with Crippen LogP contribution in [0, 0.1) is 0 Å². The van der Waals surface area contributed by atoms with Crippen LogP contribution in [0.25, 0.3) is 21.5 Å². The van der Waals surface area contributed by atoms with Crippen molar-refractivity contribution in [2.45, 2.75) is 26.1 Å². The van der Waals surface area contributed by atoms with Crippen molar-refractivity contribution in [2.24, 2.45) is 5.84 Å². The molecule has 4 aromatic carbocycles. The lowest BCUT2D eigenvalue weighted by Gasteiger charge is -2.24. The Labute approximate surface area is 209 Å². The van der Waals surface area contributed by atoms with Gasteiger partial charge in [-0.25, -0.2) is 14.6 Å². The van der Waals surface area contributed by atoms with E-state index in [0.29, 0.717) is 11.4 Å². The monoisotopic (exact) mass is 486 g/mol. The van der Waals surface area contributed by atoms with Crippen molar-refractivity contribution < 1.29 is 19.1 Å². The lowest BCUT2D eigenvalue weighted by molar-refractivity contribution is 0.0592. The molecule has 0 aliphatic heterocycles. The zero-order chi connectivity index (χ0) is 25.5. The van der Waals surface area contributed by atoms with Gasteiger partial charge in [0.2, 0.25) is 0 Å². The number of anilines is 2. The van der Waals surface area contributed by atoms with E-state index < -0.39 is 24.4 Å². The van der Waals surface area contributed by atoms with Crippen LogP contribution in [0.2, 0.25) is 0 Å². The summed E-state index contributed by atoms with van der Waals surface area (Å²) >= 11 is 0. The number of nitrogens with two attached hydrogens (primary N) is 1. The Kier molecular flexibility index (Phi) is 7.99. The van der Waals surface area contributed by atoms with E-state index in [1.54, 1.807) is 13.8 Å². The van der Waals surface area contributed by atoms with E-state index in [1.165, 1.54) is 5.01 Å². The largest absolute Gasteiger partial charge is 0.445 e. The highest BCUT2D eigenvalue weighted by atomic mass is 16.6. The topological polar surface area (TPSA) is 106 Å². The van der Waals surface area contributed by atoms with Crippen LogP contribution in [0.4, 0.5) is 21.0 Å². The molecule has 0 aliphatic carbocycles. The molecule has 0 spiro atoms. The highest BCUT2D eigenvalue weighted by Gasteiger charge is 2.17. The van der Waals surface area contributed by atoms with E-state index in [-0.39, 0.29) is 13.1 Å². The van der Waals surface area contributed by atoms with Gasteiger partial charge in [0.1, 0.15) is 12.2 Å². The van der Waals surface area contributed by atoms with Crippen molar-refractivity contribution in [3.8, 4) is 0 Å². The third-order valence-electron chi connectivity index (χ3n) is 5.65. The van der Waals surface area contributed by atoms with Crippen LogP contribution in [0.1, 0.15) is 13.8 Å². The normalized spacial score (nSPS) is 12.8. The Bertz CT molecular complexity index is 1250. The first-order valence-electron chi connectivity index (χ1n) is 11.8. The SMILES string of the molecule is CC(CN(N)CC(C)OC(=O)Nc1cccc2ccccc12)OC(=O)Nc1cccc2ccccc12. The fourth-order valence-corrected chi connectivity index (χ4v) is 4.12. The molecule has 8 nitrogen and oxygen atoms in total. The second kappa shape index (κ2) is 11.5. The summed E-state index contributed by atoms with van der Waals surface area (Å²) < 4.78 is 10.9. The first-order chi connectivity index (χ1) is 17.4. The average molecular weight is 487 g/mol. The quantitative estimate of drug-likeness (QED) is 0.217. The predicted molar refractivity (Wildman–Crippen MR) is 143 cm³/mol. The van der Waals surface area contributed by atoms with E-state index in [0.717, 1.165) is 21.5 Å². The number of ether oxygens (including phenoxy) is 2. The lowest BCUT2D eigenvalue weighted by atomic mass is 10.1. The van der Waals surface area contributed by atoms with Gasteiger partial charge in [-0.1, -0.05) is 72.8 Å². The molecule has 0 aliphatic rings. The van der Waals surface area contributed by atoms with Gasteiger partial charge in [0, 0.05) is 10.8 Å². The summed E-state index contributed by atoms with van der Waals surface area (Å²) in [6, 6.07) is 26.9. The van der Waals surface area contributed by atoms with Crippen molar-refractivity contribution in [3.05, 3.63) is 84.9 Å². The Hall–Kier alpha value is -4.14. The molecular formula is C28H30N4O4. The number of fused-ring (bicyclic) bond motifs is 2. The number of hydrogen-bond donors (Lipinski definition) is 3. The number of nitrogens with zero attached hydrogens (tertiary/aromatic N) is 1. The number of nitrogens with one attached hydrogen (secondary N) is 2. The Morgan fingerprint density at radius 1 is 0.694 bits per heavy atom. The zero-order valence-electron chi connectivity index (χ0n) is 20.3. The van der Waals surface area contributed by atoms with Gasteiger partial charge >= 0.3 is 12.2 Å². The number of benzene rings is 4. The number of hydrogen-bond acceptors (Lipinski definition) is 6. The molecular weight excluding hydrogens is 456 g/mol. The summed E-state index contributed by atoms with van der Waals surface area (Å²) in [5.41, 5.74) is 1.35. The molecule has 4 aromatic rings. The number of amides is 2. The maximum Gasteiger partial charge on any atom is 0.411 e. The second-order valence-electron chi connectivity index (χ2n) is 8.69. The van der Waals surface area contributed by atoms with Crippen LogP contribution in [0.5, 0.6) is 0 Å². The maximum absolute atomic E-state index is 12.4. The molecule has 36 heavy (non-hydrogen) atoms. The summed E-state index contributed by atoms with van der Waals surface area (Å²) in [6.45, 7) is 4.03. The minimum absolute atomic E-state index is 0.265. The molecule has 2 unspecified atom stereocenters. The lowest BCUT2D eigenvalue weighted by Crippen LogP contribution is -2.44. The van der Waals surface area contributed by atoms with Gasteiger partial charge in [-0.3, -0.25) is 16.5 Å². The average Bonchev–Trinajstić information content (AvgIpc) is 2.84. The smallest absolute Gasteiger partial charge is 0.411 e. The molecule has 4 rings (SSSR count). The highest BCUT2D eigenvalue weighted by molar-refractivity contribution is 6.01. The molecule has 2 atom stereocenters. The molecule has 0 aromatic heterocycles. The first kappa shape index (κ1) is 25.0. The number of carbonyl (C=O) groups excluding carboxylic acids is 2. The fourth-order valence-electron chi connectivity index (χ4n) is 4.12. The standard InChI is InChI=1S/C28H30N4O4/c1-19(35-27(33)30-25-15-7-11-21-9-3-5-13-23(21)25)17-32(29)18-20(2)36-28(34)31-26-16-8-12-22-10-4-6-14-24(22)26/h3-16,19-20H,17-18,29H2,1-2H3,(H,30,33)(H,31,34). The second-order valence-corrected chi connectivity index (χ2v) is 8.69. The third-order valence-corrected chi connectivity index (χ3v) is 5.65. The van der Waals surface area contributed by atoms with Crippen LogP contribution in [0.15, 0.2) is 84.9 Å². The van der Waals surface area contributed by atoms with E-state index in [9.17, 15) is 9.59 Å². The van der Waals surface area contributed by atoms with Gasteiger partial charge in [0.15, 0.2) is 0 Å². The van der Waals surface area contributed by atoms with Crippen molar-refractivity contribution in [2.75, 3.05) is 23.7 Å². The summed E-state index contributed by atoms with van der Waals surface area (Å²) in [7, 11) is 0. The van der Waals surface area contributed by atoms with Crippen LogP contribution in [-0.2, 0) is 9.47 Å². The van der Waals surface area contributed by atoms with Crippen LogP contribution in [0.3, 0.4) is 0 Å². The molecule has 0 radical (unpaired) electrons. The maximum atomic E-state index is 12.4. The molecule has 2 amide bonds. The highest BCUT2D eigenvalue weighted by Crippen LogP contribution is 2.24. The van der Waals surface area contributed by atoms with E-state index in [4.69, 9.17) is 15.3 Å². The Balaban J connectivity index is 1.23. The summed E-state index contributed by atoms with van der Waals surface area (Å²) in [4.78, 5) is 24.8. The van der Waals surface area contributed by atoms with Crippen molar-refractivity contribution in [1.29, 1.82) is 0 Å². The summed E-state index contributed by atoms with van der Waals surface area (Å²) in [5, 5.41) is 11.0. The minimum Gasteiger partial charge on any atom is -0.445 e. The Morgan fingerprint density at radius 2 is 1.08 bits per heavy atom. The molecule has 8 heteroatoms. The number of rotatable bonds is 8. The van der Waals surface area contributed by atoms with E-state index in [2.05, 4.69) is 10.6 Å². The van der Waals surface area contributed by atoms with E-state index in [1.807, 2.05) is 84.9 Å². The molecule has 186 valence electrons. The van der Waals surface area contributed by atoms with Gasteiger partial charge in [-0.2, -0.15) is 0 Å². The third kappa shape index (κ3) is 6.50. The van der Waals surface area contributed by atoms with Crippen LogP contribution in [-0.4, -0.2) is 42.5 Å². The van der Waals surface area contributed by atoms with Crippen LogP contribution < -0.4 is 16.5 Å². The predicted octanol–water partition coefficient (Wildman–Crippen LogP) is 5.74. The fraction of sp³-hybridized carbons (Fsp3) is 0.214. The molecule has 0 saturated carbocycles. The number of carbonyl (C=O) groups is 2. The first-order valence-corrected chi connectivity index (χ1v) is 11.8. The van der Waals surface area contributed by atoms with Gasteiger partial charge in [-0.15, -0.1) is 0 Å². The van der Waals surface area contributed by atoms with Crippen molar-refractivity contribution in [1.82, 2.24) is 5.01 Å². The van der Waals surface area contributed by atoms with Gasteiger partial charge < -0.3 is 9.47 Å². The van der Waals surface area contributed by atoms with Gasteiger partial charge in [0.05, 0.1) is 24.5 Å². The minimum atomic E-state index is -0.564.